The maximum Gasteiger partial charge on any atom is 0.185 e. The van der Waals surface area contributed by atoms with Crippen molar-refractivity contribution < 1.29 is 18.3 Å². The lowest BCUT2D eigenvalue weighted by atomic mass is 9.74. The van der Waals surface area contributed by atoms with Crippen LogP contribution in [0.5, 0.6) is 11.5 Å². The van der Waals surface area contributed by atoms with Crippen LogP contribution < -0.4 is 19.3 Å². The Morgan fingerprint density at radius 1 is 0.456 bits per heavy atom. The van der Waals surface area contributed by atoms with Gasteiger partial charge in [0, 0.05) is 44.4 Å². The van der Waals surface area contributed by atoms with Gasteiger partial charge >= 0.3 is 0 Å². The minimum absolute atomic E-state index is 0.00856. The number of aryl methyl sites for hydroxylation is 1. The summed E-state index contributed by atoms with van der Waals surface area (Å²) in [6.45, 7) is 10.0. The molecule has 3 aliphatic heterocycles. The number of furan rings is 2. The molecule has 0 amide bonds. The van der Waals surface area contributed by atoms with Crippen LogP contribution in [0.15, 0.2) is 185 Å². The SMILES string of the molecule is Cc1cc2c3c(c1)N(c1ccc(C(C)(C)C)cc1)c1c(ccc4c1OCCO4)C3c1cc(-c3ccc4c(c3)oc3ccccc34)ccc1N2c1ccc(-c2ccc3c(c2)oc2ccccc23)cc1. The van der Waals surface area contributed by atoms with Gasteiger partial charge in [-0.15, -0.1) is 0 Å². The van der Waals surface area contributed by atoms with E-state index >= 15 is 0 Å². The molecule has 6 nitrogen and oxygen atoms in total. The van der Waals surface area contributed by atoms with Crippen molar-refractivity contribution in [2.24, 2.45) is 0 Å². The van der Waals surface area contributed by atoms with Crippen LogP contribution >= 0.6 is 0 Å². The summed E-state index contributed by atoms with van der Waals surface area (Å²) in [7, 11) is 0. The van der Waals surface area contributed by atoms with Gasteiger partial charge in [-0.3, -0.25) is 0 Å². The number of anilines is 6. The minimum Gasteiger partial charge on any atom is -0.486 e. The van der Waals surface area contributed by atoms with E-state index in [0.717, 1.165) is 112 Å². The molecule has 68 heavy (non-hydrogen) atoms. The normalized spacial score (nSPS) is 15.0. The van der Waals surface area contributed by atoms with Crippen molar-refractivity contribution in [3.05, 3.63) is 204 Å². The Balaban J connectivity index is 0.982. The Hall–Kier alpha value is -8.22. The molecule has 0 saturated heterocycles. The zero-order chi connectivity index (χ0) is 45.4. The number of hydrogen-bond acceptors (Lipinski definition) is 6. The number of ether oxygens (including phenoxy) is 2. The summed E-state index contributed by atoms with van der Waals surface area (Å²) < 4.78 is 25.8. The van der Waals surface area contributed by atoms with E-state index < -0.39 is 0 Å². The molecule has 9 aromatic carbocycles. The first-order chi connectivity index (χ1) is 33.2. The zero-order valence-corrected chi connectivity index (χ0v) is 38.3. The second-order valence-corrected chi connectivity index (χ2v) is 19.6. The number of rotatable bonds is 4. The van der Waals surface area contributed by atoms with Gasteiger partial charge in [0.25, 0.3) is 0 Å². The molecule has 3 aliphatic rings. The molecular weight excluding hydrogens is 837 g/mol. The molecule has 328 valence electrons. The van der Waals surface area contributed by atoms with Gasteiger partial charge in [0.1, 0.15) is 35.5 Å². The van der Waals surface area contributed by atoms with E-state index in [1.807, 2.05) is 24.3 Å². The lowest BCUT2D eigenvalue weighted by molar-refractivity contribution is 0.172. The number of para-hydroxylation sites is 2. The van der Waals surface area contributed by atoms with Crippen molar-refractivity contribution in [1.29, 1.82) is 0 Å². The first-order valence-electron chi connectivity index (χ1n) is 23.6. The Morgan fingerprint density at radius 2 is 1.00 bits per heavy atom. The Bertz CT molecular complexity index is 3870. The maximum absolute atomic E-state index is 6.67. The predicted molar refractivity (Wildman–Crippen MR) is 277 cm³/mol. The minimum atomic E-state index is -0.118. The molecule has 14 rings (SSSR count). The highest BCUT2D eigenvalue weighted by atomic mass is 16.6. The Kier molecular flexibility index (Phi) is 8.25. The molecule has 0 aliphatic carbocycles. The zero-order valence-electron chi connectivity index (χ0n) is 38.3. The van der Waals surface area contributed by atoms with Gasteiger partial charge < -0.3 is 28.1 Å². The first kappa shape index (κ1) is 39.0. The van der Waals surface area contributed by atoms with Crippen LogP contribution in [0.2, 0.25) is 0 Å². The van der Waals surface area contributed by atoms with Crippen molar-refractivity contribution in [3.63, 3.8) is 0 Å². The molecule has 0 radical (unpaired) electrons. The molecule has 6 heteroatoms. The Labute approximate surface area is 394 Å². The molecule has 1 unspecified atom stereocenters. The van der Waals surface area contributed by atoms with Crippen LogP contribution in [0.4, 0.5) is 34.1 Å². The van der Waals surface area contributed by atoms with Gasteiger partial charge in [-0.1, -0.05) is 106 Å². The fourth-order valence-corrected chi connectivity index (χ4v) is 11.2. The molecule has 5 heterocycles. The van der Waals surface area contributed by atoms with Gasteiger partial charge in [-0.2, -0.15) is 0 Å². The van der Waals surface area contributed by atoms with Crippen molar-refractivity contribution in [2.75, 3.05) is 23.0 Å². The number of fused-ring (bicyclic) bond motifs is 12. The van der Waals surface area contributed by atoms with Crippen molar-refractivity contribution in [1.82, 2.24) is 0 Å². The van der Waals surface area contributed by atoms with E-state index in [1.54, 1.807) is 0 Å². The molecule has 1 atom stereocenters. The summed E-state index contributed by atoms with van der Waals surface area (Å²) in [6.07, 6.45) is 0. The van der Waals surface area contributed by atoms with Crippen LogP contribution in [0.3, 0.4) is 0 Å². The quantitative estimate of drug-likeness (QED) is 0.176. The van der Waals surface area contributed by atoms with Crippen LogP contribution in [0.25, 0.3) is 66.1 Å². The third kappa shape index (κ3) is 5.83. The molecular formula is C62H46N2O4. The second kappa shape index (κ2) is 14.4. The summed E-state index contributed by atoms with van der Waals surface area (Å²) in [5.41, 5.74) is 20.7. The predicted octanol–water partition coefficient (Wildman–Crippen LogP) is 16.9. The fourth-order valence-electron chi connectivity index (χ4n) is 11.2. The van der Waals surface area contributed by atoms with E-state index in [9.17, 15) is 0 Å². The monoisotopic (exact) mass is 882 g/mol. The van der Waals surface area contributed by atoms with E-state index in [1.165, 1.54) is 27.8 Å². The molecule has 0 saturated carbocycles. The molecule has 0 bridgehead atoms. The molecule has 0 fully saturated rings. The van der Waals surface area contributed by atoms with Crippen LogP contribution in [-0.4, -0.2) is 13.2 Å². The average molecular weight is 883 g/mol. The second-order valence-electron chi connectivity index (χ2n) is 19.6. The molecule has 0 spiro atoms. The third-order valence-electron chi connectivity index (χ3n) is 14.4. The summed E-state index contributed by atoms with van der Waals surface area (Å²) in [5, 5.41) is 4.51. The van der Waals surface area contributed by atoms with Gasteiger partial charge in [0.2, 0.25) is 0 Å². The standard InChI is InChI=1S/C62H46N2O4/c1-36-31-51-59-52(32-36)64(43-22-18-41(19-23-43)62(2,3)4)60-48(26-28-55-61(60)66-30-29-65-55)58(59)49-33-38(40-16-25-47-45-10-6-8-12-54(45)68-57(47)35-40)17-27-50(49)63(51)42-20-13-37(14-21-42)39-15-24-46-44-9-5-7-11-53(44)67-56(46)34-39/h5-28,31-35,58H,29-30H2,1-4H3. The molecule has 11 aromatic rings. The third-order valence-corrected chi connectivity index (χ3v) is 14.4. The Morgan fingerprint density at radius 3 is 1.68 bits per heavy atom. The summed E-state index contributed by atoms with van der Waals surface area (Å²) >= 11 is 0. The lowest BCUT2D eigenvalue weighted by Crippen LogP contribution is -2.30. The van der Waals surface area contributed by atoms with Crippen LogP contribution in [0, 0.1) is 6.92 Å². The fraction of sp³-hybridized carbons (Fsp3) is 0.129. The largest absolute Gasteiger partial charge is 0.486 e. The van der Waals surface area contributed by atoms with Crippen molar-refractivity contribution in [2.45, 2.75) is 39.0 Å². The highest BCUT2D eigenvalue weighted by Crippen LogP contribution is 2.64. The first-order valence-corrected chi connectivity index (χ1v) is 23.6. The van der Waals surface area contributed by atoms with Gasteiger partial charge in [0.05, 0.1) is 22.7 Å². The highest BCUT2D eigenvalue weighted by Gasteiger charge is 2.43. The smallest absolute Gasteiger partial charge is 0.185 e. The van der Waals surface area contributed by atoms with Gasteiger partial charge in [-0.25, -0.2) is 0 Å². The van der Waals surface area contributed by atoms with E-state index in [0.29, 0.717) is 13.2 Å². The van der Waals surface area contributed by atoms with Gasteiger partial charge in [0.15, 0.2) is 11.5 Å². The van der Waals surface area contributed by atoms with Crippen molar-refractivity contribution >= 4 is 78.0 Å². The number of hydrogen-bond donors (Lipinski definition) is 0. The summed E-state index contributed by atoms with van der Waals surface area (Å²) in [5.74, 6) is 1.44. The van der Waals surface area contributed by atoms with Crippen LogP contribution in [0.1, 0.15) is 54.5 Å². The van der Waals surface area contributed by atoms with E-state index in [4.69, 9.17) is 18.3 Å². The van der Waals surface area contributed by atoms with Crippen molar-refractivity contribution in [3.8, 4) is 33.8 Å². The maximum atomic E-state index is 6.67. The van der Waals surface area contributed by atoms with E-state index in [-0.39, 0.29) is 11.3 Å². The molecule has 2 aromatic heterocycles. The van der Waals surface area contributed by atoms with E-state index in [2.05, 4.69) is 189 Å². The average Bonchev–Trinajstić information content (AvgIpc) is 3.93. The number of benzene rings is 9. The number of nitrogens with zero attached hydrogens (tertiary/aromatic N) is 2. The summed E-state index contributed by atoms with van der Waals surface area (Å²) in [4.78, 5) is 4.90. The summed E-state index contributed by atoms with van der Waals surface area (Å²) in [6, 6.07) is 63.9. The highest BCUT2D eigenvalue weighted by molar-refractivity contribution is 6.07. The van der Waals surface area contributed by atoms with Crippen LogP contribution in [-0.2, 0) is 5.41 Å². The molecule has 0 N–H and O–H groups in total. The van der Waals surface area contributed by atoms with Gasteiger partial charge in [-0.05, 0) is 148 Å². The topological polar surface area (TPSA) is 51.2 Å². The lowest BCUT2D eigenvalue weighted by Gasteiger charge is -2.46.